The first-order chi connectivity index (χ1) is 7.77. The van der Waals surface area contributed by atoms with Gasteiger partial charge in [-0.15, -0.1) is 0 Å². The Bertz CT molecular complexity index is 388. The molecule has 5 nitrogen and oxygen atoms in total. The van der Waals surface area contributed by atoms with Crippen LogP contribution in [0.1, 0.15) is 11.1 Å². The van der Waals surface area contributed by atoms with Gasteiger partial charge in [-0.1, -0.05) is 0 Å². The number of aliphatic hydroxyl groups is 1. The van der Waals surface area contributed by atoms with Crippen LogP contribution in [0.15, 0.2) is 6.07 Å². The smallest absolute Gasteiger partial charge is 0.231 e. The zero-order valence-electron chi connectivity index (χ0n) is 9.28. The monoisotopic (exact) mass is 226 g/mol. The lowest BCUT2D eigenvalue weighted by atomic mass is 10.1. The van der Waals surface area contributed by atoms with Gasteiger partial charge in [0.2, 0.25) is 6.79 Å². The summed E-state index contributed by atoms with van der Waals surface area (Å²) >= 11 is 0. The maximum absolute atomic E-state index is 9.31. The molecule has 0 saturated carbocycles. The molecule has 2 rings (SSSR count). The predicted octanol–water partition coefficient (Wildman–Crippen LogP) is 1.20. The van der Waals surface area contributed by atoms with Gasteiger partial charge in [0, 0.05) is 24.3 Å². The lowest BCUT2D eigenvalue weighted by molar-refractivity contribution is 0.0503. The predicted molar refractivity (Wildman–Crippen MR) is 55.7 cm³/mol. The van der Waals surface area contributed by atoms with E-state index in [4.69, 9.17) is 18.9 Å². The van der Waals surface area contributed by atoms with E-state index in [-0.39, 0.29) is 20.2 Å². The van der Waals surface area contributed by atoms with Crippen molar-refractivity contribution in [3.8, 4) is 17.2 Å². The van der Waals surface area contributed by atoms with Crippen LogP contribution in [0.4, 0.5) is 0 Å². The summed E-state index contributed by atoms with van der Waals surface area (Å²) in [6.07, 6.45) is 0. The van der Waals surface area contributed by atoms with Crippen molar-refractivity contribution in [1.29, 1.82) is 0 Å². The number of ether oxygens (including phenoxy) is 4. The van der Waals surface area contributed by atoms with Crippen LogP contribution in [-0.4, -0.2) is 25.8 Å². The molecule has 1 aliphatic rings. The van der Waals surface area contributed by atoms with E-state index >= 15 is 0 Å². The molecule has 1 N–H and O–H groups in total. The minimum Gasteiger partial charge on any atom is -0.467 e. The van der Waals surface area contributed by atoms with Crippen molar-refractivity contribution < 1.29 is 24.1 Å². The number of fused-ring (bicyclic) bond motifs is 1. The van der Waals surface area contributed by atoms with Crippen LogP contribution in [0.5, 0.6) is 17.2 Å². The SMILES string of the molecule is COCOc1cc2c(c(CO)c1C)OCO2. The van der Waals surface area contributed by atoms with Gasteiger partial charge in [0.25, 0.3) is 0 Å². The van der Waals surface area contributed by atoms with Gasteiger partial charge in [-0.25, -0.2) is 0 Å². The molecule has 0 bridgehead atoms. The van der Waals surface area contributed by atoms with Crippen LogP contribution in [0.3, 0.4) is 0 Å². The van der Waals surface area contributed by atoms with Gasteiger partial charge in [-0.05, 0) is 6.92 Å². The average molecular weight is 226 g/mol. The summed E-state index contributed by atoms with van der Waals surface area (Å²) in [4.78, 5) is 0. The van der Waals surface area contributed by atoms with Crippen LogP contribution >= 0.6 is 0 Å². The highest BCUT2D eigenvalue weighted by Crippen LogP contribution is 2.42. The number of aliphatic hydroxyl groups excluding tert-OH is 1. The van der Waals surface area contributed by atoms with Crippen molar-refractivity contribution in [2.75, 3.05) is 20.7 Å². The summed E-state index contributed by atoms with van der Waals surface area (Å²) in [7, 11) is 1.55. The van der Waals surface area contributed by atoms with E-state index < -0.39 is 0 Å². The number of benzene rings is 1. The molecule has 0 amide bonds. The highest BCUT2D eigenvalue weighted by Gasteiger charge is 2.22. The topological polar surface area (TPSA) is 57.2 Å². The molecule has 0 unspecified atom stereocenters. The summed E-state index contributed by atoms with van der Waals surface area (Å²) < 4.78 is 20.8. The summed E-state index contributed by atoms with van der Waals surface area (Å²) in [5, 5.41) is 9.31. The van der Waals surface area contributed by atoms with Gasteiger partial charge in [-0.3, -0.25) is 0 Å². The third-order valence-corrected chi connectivity index (χ3v) is 2.49. The molecule has 1 aromatic rings. The molecule has 0 radical (unpaired) electrons. The van der Waals surface area contributed by atoms with Crippen molar-refractivity contribution in [1.82, 2.24) is 0 Å². The van der Waals surface area contributed by atoms with E-state index in [9.17, 15) is 5.11 Å². The van der Waals surface area contributed by atoms with Crippen LogP contribution in [0, 0.1) is 6.92 Å². The molecular weight excluding hydrogens is 212 g/mol. The van der Waals surface area contributed by atoms with Crippen LogP contribution in [0.2, 0.25) is 0 Å². The van der Waals surface area contributed by atoms with E-state index in [1.54, 1.807) is 13.2 Å². The highest BCUT2D eigenvalue weighted by atomic mass is 16.7. The summed E-state index contributed by atoms with van der Waals surface area (Å²) in [6.45, 7) is 2.08. The molecule has 1 aliphatic heterocycles. The maximum atomic E-state index is 9.31. The first-order valence-electron chi connectivity index (χ1n) is 4.92. The van der Waals surface area contributed by atoms with Crippen molar-refractivity contribution in [2.45, 2.75) is 13.5 Å². The van der Waals surface area contributed by atoms with Gasteiger partial charge in [0.05, 0.1) is 6.61 Å². The van der Waals surface area contributed by atoms with Gasteiger partial charge < -0.3 is 24.1 Å². The molecule has 5 heteroatoms. The van der Waals surface area contributed by atoms with Gasteiger partial charge in [-0.2, -0.15) is 0 Å². The molecule has 1 aromatic carbocycles. The van der Waals surface area contributed by atoms with E-state index in [1.807, 2.05) is 6.92 Å². The quantitative estimate of drug-likeness (QED) is 0.782. The zero-order chi connectivity index (χ0) is 11.5. The van der Waals surface area contributed by atoms with E-state index in [1.165, 1.54) is 0 Å². The first-order valence-corrected chi connectivity index (χ1v) is 4.92. The zero-order valence-corrected chi connectivity index (χ0v) is 9.28. The summed E-state index contributed by atoms with van der Waals surface area (Å²) in [5.41, 5.74) is 1.53. The molecule has 0 spiro atoms. The second-order valence-corrected chi connectivity index (χ2v) is 3.42. The number of hydrogen-bond acceptors (Lipinski definition) is 5. The fraction of sp³-hybridized carbons (Fsp3) is 0.455. The Hall–Kier alpha value is -1.46. The number of hydrogen-bond donors (Lipinski definition) is 1. The van der Waals surface area contributed by atoms with Crippen molar-refractivity contribution in [2.24, 2.45) is 0 Å². The number of methoxy groups -OCH3 is 1. The summed E-state index contributed by atoms with van der Waals surface area (Å²) in [6, 6.07) is 1.75. The Morgan fingerprint density at radius 1 is 1.44 bits per heavy atom. The Morgan fingerprint density at radius 2 is 2.25 bits per heavy atom. The molecule has 1 heterocycles. The Labute approximate surface area is 93.5 Å². The normalized spacial score (nSPS) is 12.9. The molecule has 88 valence electrons. The lowest BCUT2D eigenvalue weighted by Gasteiger charge is -2.13. The highest BCUT2D eigenvalue weighted by molar-refractivity contribution is 5.57. The fourth-order valence-corrected chi connectivity index (χ4v) is 1.64. The standard InChI is InChI=1S/C11H14O5/c1-7-8(4-12)11-10(15-6-16-11)3-9(7)14-5-13-2/h3,12H,4-6H2,1-2H3. The van der Waals surface area contributed by atoms with Gasteiger partial charge in [0.15, 0.2) is 18.3 Å². The maximum Gasteiger partial charge on any atom is 0.231 e. The molecule has 0 saturated heterocycles. The number of rotatable bonds is 4. The Balaban J connectivity index is 2.39. The molecule has 0 aliphatic carbocycles. The third-order valence-electron chi connectivity index (χ3n) is 2.49. The lowest BCUT2D eigenvalue weighted by Crippen LogP contribution is -2.02. The van der Waals surface area contributed by atoms with Crippen molar-refractivity contribution >= 4 is 0 Å². The van der Waals surface area contributed by atoms with Crippen molar-refractivity contribution in [3.63, 3.8) is 0 Å². The van der Waals surface area contributed by atoms with Crippen molar-refractivity contribution in [3.05, 3.63) is 17.2 Å². The largest absolute Gasteiger partial charge is 0.467 e. The average Bonchev–Trinajstić information content (AvgIpc) is 2.74. The Morgan fingerprint density at radius 3 is 2.94 bits per heavy atom. The summed E-state index contributed by atoms with van der Waals surface area (Å²) in [5.74, 6) is 1.83. The minimum absolute atomic E-state index is 0.109. The molecule has 16 heavy (non-hydrogen) atoms. The molecule has 0 atom stereocenters. The molecule has 0 aromatic heterocycles. The van der Waals surface area contributed by atoms with E-state index in [0.29, 0.717) is 22.8 Å². The molecule has 0 fully saturated rings. The second-order valence-electron chi connectivity index (χ2n) is 3.42. The van der Waals surface area contributed by atoms with Crippen LogP contribution < -0.4 is 14.2 Å². The minimum atomic E-state index is -0.109. The van der Waals surface area contributed by atoms with E-state index in [2.05, 4.69) is 0 Å². The fourth-order valence-electron chi connectivity index (χ4n) is 1.64. The first kappa shape index (κ1) is 11.0. The van der Waals surface area contributed by atoms with Gasteiger partial charge >= 0.3 is 0 Å². The Kier molecular flexibility index (Phi) is 3.17. The molecular formula is C11H14O5. The third kappa shape index (κ3) is 1.79. The van der Waals surface area contributed by atoms with Crippen LogP contribution in [-0.2, 0) is 11.3 Å². The van der Waals surface area contributed by atoms with Gasteiger partial charge in [0.1, 0.15) is 5.75 Å². The second kappa shape index (κ2) is 4.59. The van der Waals surface area contributed by atoms with Crippen LogP contribution in [0.25, 0.3) is 0 Å². The van der Waals surface area contributed by atoms with E-state index in [0.717, 1.165) is 5.56 Å².